The largest absolute Gasteiger partial charge is 0.493 e. The summed E-state index contributed by atoms with van der Waals surface area (Å²) in [5.74, 6) is 0.693. The Bertz CT molecular complexity index is 487. The van der Waals surface area contributed by atoms with E-state index in [0.717, 1.165) is 11.3 Å². The van der Waals surface area contributed by atoms with Crippen molar-refractivity contribution in [2.24, 2.45) is 19.8 Å². The van der Waals surface area contributed by atoms with Crippen molar-refractivity contribution in [3.05, 3.63) is 29.8 Å². The van der Waals surface area contributed by atoms with Crippen molar-refractivity contribution in [2.45, 2.75) is 6.04 Å². The minimum Gasteiger partial charge on any atom is -0.493 e. The first kappa shape index (κ1) is 10.7. The van der Waals surface area contributed by atoms with Gasteiger partial charge in [-0.05, 0) is 0 Å². The molecule has 0 radical (unpaired) electrons. The van der Waals surface area contributed by atoms with Gasteiger partial charge in [0.1, 0.15) is 5.69 Å². The minimum atomic E-state index is -0.281. The lowest BCUT2D eigenvalue weighted by Gasteiger charge is -2.11. The third-order valence-corrected chi connectivity index (χ3v) is 2.55. The van der Waals surface area contributed by atoms with E-state index in [0.29, 0.717) is 5.75 Å². The molecular weight excluding hydrogens is 206 g/mol. The molecule has 16 heavy (non-hydrogen) atoms. The van der Waals surface area contributed by atoms with Crippen molar-refractivity contribution < 1.29 is 4.74 Å². The third-order valence-electron chi connectivity index (χ3n) is 2.55. The molecule has 0 amide bonds. The Morgan fingerprint density at radius 2 is 2.06 bits per heavy atom. The predicted molar refractivity (Wildman–Crippen MR) is 59.0 cm³/mol. The minimum absolute atomic E-state index is 0.281. The third kappa shape index (κ3) is 1.67. The van der Waals surface area contributed by atoms with Crippen LogP contribution >= 0.6 is 0 Å². The van der Waals surface area contributed by atoms with Crippen LogP contribution < -0.4 is 10.5 Å². The first-order valence-electron chi connectivity index (χ1n) is 4.93. The summed E-state index contributed by atoms with van der Waals surface area (Å²) < 4.78 is 8.66. The van der Waals surface area contributed by atoms with Crippen molar-refractivity contribution >= 4 is 0 Å². The van der Waals surface area contributed by atoms with E-state index in [1.165, 1.54) is 0 Å². The number of nitrogens with zero attached hydrogens (tertiary/aromatic N) is 4. The van der Waals surface area contributed by atoms with E-state index < -0.39 is 0 Å². The second kappa shape index (κ2) is 3.97. The molecule has 2 N–H and O–H groups in total. The Labute approximate surface area is 93.6 Å². The average molecular weight is 221 g/mol. The molecule has 0 bridgehead atoms. The second-order valence-corrected chi connectivity index (χ2v) is 3.65. The number of hydrogen-bond acceptors (Lipinski definition) is 4. The second-order valence-electron chi connectivity index (χ2n) is 3.65. The van der Waals surface area contributed by atoms with E-state index in [1.807, 2.05) is 20.3 Å². The van der Waals surface area contributed by atoms with Crippen LogP contribution in [0.4, 0.5) is 0 Å². The van der Waals surface area contributed by atoms with E-state index in [1.54, 1.807) is 28.9 Å². The molecule has 2 aromatic heterocycles. The van der Waals surface area contributed by atoms with Gasteiger partial charge >= 0.3 is 0 Å². The van der Waals surface area contributed by atoms with Crippen molar-refractivity contribution in [1.29, 1.82) is 0 Å². The van der Waals surface area contributed by atoms with E-state index in [2.05, 4.69) is 10.2 Å². The number of hydrogen-bond donors (Lipinski definition) is 1. The summed E-state index contributed by atoms with van der Waals surface area (Å²) in [4.78, 5) is 0. The molecule has 6 nitrogen and oxygen atoms in total. The zero-order valence-corrected chi connectivity index (χ0v) is 9.58. The maximum atomic E-state index is 6.16. The Morgan fingerprint density at radius 3 is 2.62 bits per heavy atom. The monoisotopic (exact) mass is 221 g/mol. The molecule has 0 saturated heterocycles. The Morgan fingerprint density at radius 1 is 1.31 bits per heavy atom. The molecule has 0 aliphatic heterocycles. The van der Waals surface area contributed by atoms with Crippen molar-refractivity contribution in [3.8, 4) is 5.75 Å². The lowest BCUT2D eigenvalue weighted by atomic mass is 10.1. The van der Waals surface area contributed by atoms with Crippen LogP contribution in [0.1, 0.15) is 17.3 Å². The molecule has 1 unspecified atom stereocenters. The topological polar surface area (TPSA) is 70.9 Å². The van der Waals surface area contributed by atoms with E-state index in [9.17, 15) is 0 Å². The molecule has 0 aromatic carbocycles. The van der Waals surface area contributed by atoms with E-state index in [4.69, 9.17) is 10.5 Å². The SMILES string of the molecule is COc1cnn(C)c1C(N)c1cnn(C)c1. The van der Waals surface area contributed by atoms with Gasteiger partial charge < -0.3 is 10.5 Å². The molecule has 0 saturated carbocycles. The summed E-state index contributed by atoms with van der Waals surface area (Å²) in [6, 6.07) is -0.281. The molecule has 1 atom stereocenters. The molecule has 2 heterocycles. The quantitative estimate of drug-likeness (QED) is 0.804. The highest BCUT2D eigenvalue weighted by molar-refractivity contribution is 5.34. The van der Waals surface area contributed by atoms with Gasteiger partial charge in [-0.2, -0.15) is 10.2 Å². The van der Waals surface area contributed by atoms with Crippen LogP contribution in [0.2, 0.25) is 0 Å². The fourth-order valence-corrected chi connectivity index (χ4v) is 1.70. The highest BCUT2D eigenvalue weighted by Crippen LogP contribution is 2.26. The summed E-state index contributed by atoms with van der Waals surface area (Å²) in [5, 5.41) is 8.22. The first-order chi connectivity index (χ1) is 7.63. The van der Waals surface area contributed by atoms with Gasteiger partial charge in [0, 0.05) is 25.9 Å². The van der Waals surface area contributed by atoms with Crippen LogP contribution in [0, 0.1) is 0 Å². The van der Waals surface area contributed by atoms with Gasteiger partial charge in [-0.1, -0.05) is 0 Å². The van der Waals surface area contributed by atoms with Crippen LogP contribution in [-0.2, 0) is 14.1 Å². The van der Waals surface area contributed by atoms with Crippen LogP contribution in [0.3, 0.4) is 0 Å². The number of ether oxygens (including phenoxy) is 1. The van der Waals surface area contributed by atoms with Crippen LogP contribution in [0.25, 0.3) is 0 Å². The maximum absolute atomic E-state index is 6.16. The van der Waals surface area contributed by atoms with Gasteiger partial charge in [0.2, 0.25) is 0 Å². The molecular formula is C10H15N5O. The van der Waals surface area contributed by atoms with Gasteiger partial charge in [-0.25, -0.2) is 0 Å². The number of aromatic nitrogens is 4. The van der Waals surface area contributed by atoms with Crippen molar-refractivity contribution in [3.63, 3.8) is 0 Å². The van der Waals surface area contributed by atoms with Gasteiger partial charge in [-0.15, -0.1) is 0 Å². The standard InChI is InChI=1S/C10H15N5O/c1-14-6-7(4-12-14)9(11)10-8(16-3)5-13-15(10)2/h4-6,9H,11H2,1-3H3. The van der Waals surface area contributed by atoms with E-state index >= 15 is 0 Å². The molecule has 6 heteroatoms. The molecule has 2 rings (SSSR count). The number of aryl methyl sites for hydroxylation is 2. The molecule has 0 aliphatic carbocycles. The number of nitrogens with two attached hydrogens (primary N) is 1. The lowest BCUT2D eigenvalue weighted by molar-refractivity contribution is 0.406. The van der Waals surface area contributed by atoms with Gasteiger partial charge in [0.05, 0.1) is 25.5 Å². The molecule has 86 valence electrons. The zero-order chi connectivity index (χ0) is 11.7. The maximum Gasteiger partial charge on any atom is 0.161 e. The molecule has 2 aromatic rings. The van der Waals surface area contributed by atoms with E-state index in [-0.39, 0.29) is 6.04 Å². The summed E-state index contributed by atoms with van der Waals surface area (Å²) in [6.45, 7) is 0. The molecule has 0 fully saturated rings. The van der Waals surface area contributed by atoms with Crippen LogP contribution in [0.15, 0.2) is 18.6 Å². The zero-order valence-electron chi connectivity index (χ0n) is 9.58. The van der Waals surface area contributed by atoms with Crippen LogP contribution in [0.5, 0.6) is 5.75 Å². The summed E-state index contributed by atoms with van der Waals surface area (Å²) in [5.41, 5.74) is 7.93. The lowest BCUT2D eigenvalue weighted by Crippen LogP contribution is -2.16. The highest BCUT2D eigenvalue weighted by atomic mass is 16.5. The summed E-state index contributed by atoms with van der Waals surface area (Å²) in [6.07, 6.45) is 5.29. The van der Waals surface area contributed by atoms with Gasteiger partial charge in [-0.3, -0.25) is 9.36 Å². The smallest absolute Gasteiger partial charge is 0.161 e. The van der Waals surface area contributed by atoms with Crippen LogP contribution in [-0.4, -0.2) is 26.7 Å². The van der Waals surface area contributed by atoms with Crippen molar-refractivity contribution in [2.75, 3.05) is 7.11 Å². The van der Waals surface area contributed by atoms with Gasteiger partial charge in [0.25, 0.3) is 0 Å². The average Bonchev–Trinajstić information content (AvgIpc) is 2.83. The summed E-state index contributed by atoms with van der Waals surface area (Å²) >= 11 is 0. The summed E-state index contributed by atoms with van der Waals surface area (Å²) in [7, 11) is 5.31. The fraction of sp³-hybridized carbons (Fsp3) is 0.400. The predicted octanol–water partition coefficient (Wildman–Crippen LogP) is 0.210. The van der Waals surface area contributed by atoms with Gasteiger partial charge in [0.15, 0.2) is 5.75 Å². The normalized spacial score (nSPS) is 12.8. The fourth-order valence-electron chi connectivity index (χ4n) is 1.70. The Kier molecular flexibility index (Phi) is 2.66. The highest BCUT2D eigenvalue weighted by Gasteiger charge is 2.19. The molecule has 0 aliphatic rings. The van der Waals surface area contributed by atoms with Crippen molar-refractivity contribution in [1.82, 2.24) is 19.6 Å². The first-order valence-corrected chi connectivity index (χ1v) is 4.93. The Balaban J connectivity index is 2.40. The Hall–Kier alpha value is -1.82. The number of methoxy groups -OCH3 is 1. The number of rotatable bonds is 3. The molecule has 0 spiro atoms.